The number of halogens is 3. The topological polar surface area (TPSA) is 78.0 Å². The van der Waals surface area contributed by atoms with Crippen molar-refractivity contribution < 1.29 is 21.6 Å². The molecule has 9 heteroatoms. The molecule has 21 heavy (non-hydrogen) atoms. The maximum absolute atomic E-state index is 12.5. The van der Waals surface area contributed by atoms with Gasteiger partial charge in [0.25, 0.3) is 0 Å². The number of rotatable bonds is 3. The van der Waals surface area contributed by atoms with Crippen LogP contribution in [0.2, 0.25) is 0 Å². The van der Waals surface area contributed by atoms with Crippen LogP contribution in [0.5, 0.6) is 0 Å². The fourth-order valence-electron chi connectivity index (χ4n) is 1.82. The van der Waals surface area contributed by atoms with E-state index in [4.69, 9.17) is 5.73 Å². The molecule has 0 aliphatic heterocycles. The largest absolute Gasteiger partial charge is 0.416 e. The number of hydrogen-bond donors (Lipinski definition) is 1. The Balaban J connectivity index is 2.37. The summed E-state index contributed by atoms with van der Waals surface area (Å²) in [5.41, 5.74) is 4.33. The van der Waals surface area contributed by atoms with Gasteiger partial charge in [-0.15, -0.1) is 0 Å². The molecule has 0 atom stereocenters. The lowest BCUT2D eigenvalue weighted by Gasteiger charge is -2.11. The van der Waals surface area contributed by atoms with Gasteiger partial charge in [0, 0.05) is 13.2 Å². The molecule has 0 bridgehead atoms. The zero-order chi connectivity index (χ0) is 15.8. The van der Waals surface area contributed by atoms with Crippen LogP contribution in [0.15, 0.2) is 35.4 Å². The van der Waals surface area contributed by atoms with Gasteiger partial charge in [0.1, 0.15) is 0 Å². The highest BCUT2D eigenvalue weighted by Gasteiger charge is 2.32. The minimum Gasteiger partial charge on any atom is -0.398 e. The van der Waals surface area contributed by atoms with E-state index in [-0.39, 0.29) is 10.6 Å². The van der Waals surface area contributed by atoms with Gasteiger partial charge in [0.2, 0.25) is 0 Å². The van der Waals surface area contributed by atoms with Gasteiger partial charge in [-0.1, -0.05) is 0 Å². The summed E-state index contributed by atoms with van der Waals surface area (Å²) in [4.78, 5) is -0.332. The number of aryl methyl sites for hydroxylation is 1. The predicted octanol–water partition coefficient (Wildman–Crippen LogP) is 1.99. The fraction of sp³-hybridized carbons (Fsp3) is 0.250. The number of sulfone groups is 1. The van der Waals surface area contributed by atoms with Gasteiger partial charge in [-0.2, -0.15) is 18.3 Å². The third-order valence-corrected chi connectivity index (χ3v) is 4.50. The molecule has 0 spiro atoms. The van der Waals surface area contributed by atoms with Crippen molar-refractivity contribution >= 4 is 15.5 Å². The second-order valence-electron chi connectivity index (χ2n) is 4.49. The molecule has 0 fully saturated rings. The Morgan fingerprint density at radius 3 is 2.43 bits per heavy atom. The Morgan fingerprint density at radius 2 is 1.95 bits per heavy atom. The lowest BCUT2D eigenvalue weighted by Crippen LogP contribution is -2.11. The van der Waals surface area contributed by atoms with Gasteiger partial charge < -0.3 is 5.73 Å². The fourth-order valence-corrected chi connectivity index (χ4v) is 3.21. The molecule has 2 N–H and O–H groups in total. The van der Waals surface area contributed by atoms with E-state index in [1.807, 2.05) is 0 Å². The quantitative estimate of drug-likeness (QED) is 0.878. The van der Waals surface area contributed by atoms with E-state index in [9.17, 15) is 21.6 Å². The summed E-state index contributed by atoms with van der Waals surface area (Å²) in [5.74, 6) is -0.427. The number of hydrogen-bond acceptors (Lipinski definition) is 4. The minimum absolute atomic E-state index is 0.289. The average molecular weight is 319 g/mol. The number of anilines is 1. The summed E-state index contributed by atoms with van der Waals surface area (Å²) >= 11 is 0. The van der Waals surface area contributed by atoms with Crippen molar-refractivity contribution in [3.05, 3.63) is 41.7 Å². The van der Waals surface area contributed by atoms with E-state index in [2.05, 4.69) is 5.10 Å². The molecule has 1 heterocycles. The standard InChI is InChI=1S/C12H12F3N3O2S/c1-18-5-4-9(17-18)7-21(19,20)11-3-2-8(6-10(11)16)12(13,14)15/h2-6H,7,16H2,1H3. The van der Waals surface area contributed by atoms with Gasteiger partial charge in [0.15, 0.2) is 9.84 Å². The van der Waals surface area contributed by atoms with Crippen molar-refractivity contribution in [3.63, 3.8) is 0 Å². The van der Waals surface area contributed by atoms with Crippen LogP contribution in [0, 0.1) is 0 Å². The van der Waals surface area contributed by atoms with Crippen molar-refractivity contribution in [3.8, 4) is 0 Å². The van der Waals surface area contributed by atoms with Crippen molar-refractivity contribution in [2.75, 3.05) is 5.73 Å². The number of nitrogen functional groups attached to an aromatic ring is 1. The Labute approximate surface area is 119 Å². The molecule has 0 unspecified atom stereocenters. The van der Waals surface area contributed by atoms with Gasteiger partial charge in [-0.3, -0.25) is 4.68 Å². The smallest absolute Gasteiger partial charge is 0.398 e. The molecule has 0 radical (unpaired) electrons. The van der Waals surface area contributed by atoms with E-state index in [0.29, 0.717) is 12.1 Å². The summed E-state index contributed by atoms with van der Waals surface area (Å²) in [6.07, 6.45) is -3.00. The molecular weight excluding hydrogens is 307 g/mol. The maximum Gasteiger partial charge on any atom is 0.416 e. The zero-order valence-corrected chi connectivity index (χ0v) is 11.7. The Kier molecular flexibility index (Phi) is 3.70. The summed E-state index contributed by atoms with van der Waals surface area (Å²) in [5, 5.41) is 3.92. The molecule has 114 valence electrons. The highest BCUT2D eigenvalue weighted by Crippen LogP contribution is 2.33. The third-order valence-electron chi connectivity index (χ3n) is 2.78. The monoisotopic (exact) mass is 319 g/mol. The lowest BCUT2D eigenvalue weighted by molar-refractivity contribution is -0.137. The molecule has 0 amide bonds. The molecule has 1 aromatic heterocycles. The lowest BCUT2D eigenvalue weighted by atomic mass is 10.2. The van der Waals surface area contributed by atoms with Gasteiger partial charge in [-0.05, 0) is 24.3 Å². The number of nitrogens with two attached hydrogens (primary N) is 1. The maximum atomic E-state index is 12.5. The van der Waals surface area contributed by atoms with Crippen molar-refractivity contribution in [2.45, 2.75) is 16.8 Å². The summed E-state index contributed by atoms with van der Waals surface area (Å²) in [6, 6.07) is 3.70. The van der Waals surface area contributed by atoms with Gasteiger partial charge in [-0.25, -0.2) is 8.42 Å². The first kappa shape index (κ1) is 15.4. The predicted molar refractivity (Wildman–Crippen MR) is 70.0 cm³/mol. The van der Waals surface area contributed by atoms with Crippen molar-refractivity contribution in [1.29, 1.82) is 0 Å². The van der Waals surface area contributed by atoms with Crippen molar-refractivity contribution in [1.82, 2.24) is 9.78 Å². The first-order valence-electron chi connectivity index (χ1n) is 5.77. The summed E-state index contributed by atoms with van der Waals surface area (Å²) < 4.78 is 63.4. The van der Waals surface area contributed by atoms with Crippen molar-refractivity contribution in [2.24, 2.45) is 7.05 Å². The van der Waals surface area contributed by atoms with E-state index in [0.717, 1.165) is 6.07 Å². The number of benzene rings is 1. The Hall–Kier alpha value is -2.03. The van der Waals surface area contributed by atoms with Crippen LogP contribution in [0.1, 0.15) is 11.3 Å². The first-order chi connectivity index (χ1) is 9.59. The van der Waals surface area contributed by atoms with Crippen LogP contribution in [-0.2, 0) is 28.8 Å². The van der Waals surface area contributed by atoms with E-state index in [1.165, 1.54) is 10.7 Å². The van der Waals surface area contributed by atoms with E-state index in [1.54, 1.807) is 13.2 Å². The van der Waals surface area contributed by atoms with Crippen LogP contribution >= 0.6 is 0 Å². The normalized spacial score (nSPS) is 12.6. The molecule has 2 rings (SSSR count). The summed E-state index contributed by atoms with van der Waals surface area (Å²) in [6.45, 7) is 0. The minimum atomic E-state index is -4.57. The van der Waals surface area contributed by atoms with Crippen LogP contribution in [0.25, 0.3) is 0 Å². The van der Waals surface area contributed by atoms with Crippen LogP contribution in [0.4, 0.5) is 18.9 Å². The third kappa shape index (κ3) is 3.35. The molecule has 1 aromatic carbocycles. The van der Waals surface area contributed by atoms with E-state index < -0.39 is 33.0 Å². The second-order valence-corrected chi connectivity index (χ2v) is 6.45. The highest BCUT2D eigenvalue weighted by atomic mass is 32.2. The molecule has 0 saturated carbocycles. The molecular formula is C12H12F3N3O2S. The Bertz CT molecular complexity index is 766. The number of nitrogens with zero attached hydrogens (tertiary/aromatic N) is 2. The SMILES string of the molecule is Cn1ccc(CS(=O)(=O)c2ccc(C(F)(F)F)cc2N)n1. The number of aromatic nitrogens is 2. The molecule has 0 aliphatic rings. The first-order valence-corrected chi connectivity index (χ1v) is 7.43. The summed E-state index contributed by atoms with van der Waals surface area (Å²) in [7, 11) is -2.23. The molecule has 0 saturated heterocycles. The van der Waals surface area contributed by atoms with Crippen LogP contribution in [0.3, 0.4) is 0 Å². The van der Waals surface area contributed by atoms with E-state index >= 15 is 0 Å². The van der Waals surface area contributed by atoms with Gasteiger partial charge in [0.05, 0.1) is 27.6 Å². The molecule has 5 nitrogen and oxygen atoms in total. The molecule has 2 aromatic rings. The van der Waals surface area contributed by atoms with Gasteiger partial charge >= 0.3 is 6.18 Å². The zero-order valence-electron chi connectivity index (χ0n) is 10.9. The molecule has 0 aliphatic carbocycles. The Morgan fingerprint density at radius 1 is 1.29 bits per heavy atom. The average Bonchev–Trinajstić information content (AvgIpc) is 2.72. The highest BCUT2D eigenvalue weighted by molar-refractivity contribution is 7.90. The van der Waals surface area contributed by atoms with Crippen LogP contribution < -0.4 is 5.73 Å². The van der Waals surface area contributed by atoms with Crippen LogP contribution in [-0.4, -0.2) is 18.2 Å². The number of alkyl halides is 3. The second kappa shape index (κ2) is 5.06.